The number of aromatic nitrogens is 3. The SMILES string of the molecule is CCOC(=O)Cc1c(Oc2ccc(F)c(-c3ncc(C(C)(CCS(=O)(=O)CCN(C)C(=O)OCc4ccccc4)c4cccc(I)c4)[nH]3)c2)c(F)cc2[nH]ccc12. The van der Waals surface area contributed by atoms with Crippen LogP contribution in [-0.2, 0) is 42.5 Å². The number of H-pyrrole nitrogens is 2. The summed E-state index contributed by atoms with van der Waals surface area (Å²) in [6, 6.07) is 23.7. The Hall–Kier alpha value is -5.29. The van der Waals surface area contributed by atoms with Gasteiger partial charge >= 0.3 is 12.1 Å². The molecule has 15 heteroatoms. The Bertz CT molecular complexity index is 2490. The van der Waals surface area contributed by atoms with Gasteiger partial charge in [0.25, 0.3) is 0 Å². The summed E-state index contributed by atoms with van der Waals surface area (Å²) in [5.41, 5.74) is 1.99. The van der Waals surface area contributed by atoms with Gasteiger partial charge in [-0.2, -0.15) is 0 Å². The van der Waals surface area contributed by atoms with Gasteiger partial charge in [0.05, 0.1) is 30.1 Å². The molecular weight excluding hydrogens is 869 g/mol. The van der Waals surface area contributed by atoms with Gasteiger partial charge in [-0.3, -0.25) is 4.79 Å². The van der Waals surface area contributed by atoms with Gasteiger partial charge in [-0.1, -0.05) is 42.5 Å². The van der Waals surface area contributed by atoms with Crippen LogP contribution in [0.25, 0.3) is 22.3 Å². The molecule has 57 heavy (non-hydrogen) atoms. The lowest BCUT2D eigenvalue weighted by Gasteiger charge is -2.29. The first-order valence-corrected chi connectivity index (χ1v) is 21.0. The lowest BCUT2D eigenvalue weighted by molar-refractivity contribution is -0.142. The first kappa shape index (κ1) is 41.3. The molecule has 2 N–H and O–H groups in total. The number of hydrogen-bond acceptors (Lipinski definition) is 8. The molecule has 0 saturated heterocycles. The number of imidazole rings is 1. The highest BCUT2D eigenvalue weighted by Gasteiger charge is 2.34. The molecule has 298 valence electrons. The van der Waals surface area contributed by atoms with Gasteiger partial charge in [0, 0.05) is 63.2 Å². The third kappa shape index (κ3) is 10.00. The predicted octanol–water partition coefficient (Wildman–Crippen LogP) is 8.72. The minimum Gasteiger partial charge on any atom is -0.466 e. The topological polar surface area (TPSA) is 144 Å². The molecule has 4 aromatic carbocycles. The zero-order valence-electron chi connectivity index (χ0n) is 31.5. The van der Waals surface area contributed by atoms with Crippen molar-refractivity contribution >= 4 is 55.4 Å². The molecule has 0 aliphatic heterocycles. The van der Waals surface area contributed by atoms with Gasteiger partial charge in [-0.25, -0.2) is 27.0 Å². The Balaban J connectivity index is 1.22. The fraction of sp³-hybridized carbons (Fsp3) is 0.262. The first-order chi connectivity index (χ1) is 27.3. The summed E-state index contributed by atoms with van der Waals surface area (Å²) in [5, 5.41) is 0.572. The summed E-state index contributed by atoms with van der Waals surface area (Å²) >= 11 is 2.19. The van der Waals surface area contributed by atoms with Crippen molar-refractivity contribution in [3.05, 3.63) is 135 Å². The summed E-state index contributed by atoms with van der Waals surface area (Å²) in [5.74, 6) is -2.41. The molecule has 2 aromatic heterocycles. The van der Waals surface area contributed by atoms with Crippen LogP contribution in [0.4, 0.5) is 13.6 Å². The summed E-state index contributed by atoms with van der Waals surface area (Å²) in [6.45, 7) is 3.72. The molecule has 0 fully saturated rings. The molecule has 0 aliphatic rings. The molecular formula is C42H41F2IN4O7S. The van der Waals surface area contributed by atoms with Crippen molar-refractivity contribution in [2.45, 2.75) is 38.7 Å². The standard InChI is InChI=1S/C42H41F2IN4O7S/c1-4-54-38(50)23-32-31-15-17-46-36(31)24-35(44)39(32)56-30-13-14-34(43)33(22-30)40-47-25-37(48-40)42(2,28-11-8-12-29(45)21-28)16-19-57(52,53)20-18-49(3)41(51)55-26-27-9-6-5-7-10-27/h5-15,17,21-22,24-25,46H,4,16,18-20,23,26H2,1-3H3,(H,47,48). The molecule has 0 radical (unpaired) electrons. The number of sulfone groups is 1. The Morgan fingerprint density at radius 3 is 2.49 bits per heavy atom. The van der Waals surface area contributed by atoms with E-state index < -0.39 is 38.9 Å². The number of rotatable bonds is 16. The van der Waals surface area contributed by atoms with Crippen LogP contribution in [0, 0.1) is 15.2 Å². The van der Waals surface area contributed by atoms with Gasteiger partial charge in [-0.15, -0.1) is 0 Å². The van der Waals surface area contributed by atoms with Gasteiger partial charge < -0.3 is 29.1 Å². The third-order valence-corrected chi connectivity index (χ3v) is 12.0. The monoisotopic (exact) mass is 910 g/mol. The van der Waals surface area contributed by atoms with Crippen molar-refractivity contribution in [2.75, 3.05) is 31.7 Å². The number of carbonyl (C=O) groups is 2. The Morgan fingerprint density at radius 2 is 1.74 bits per heavy atom. The fourth-order valence-electron chi connectivity index (χ4n) is 6.40. The van der Waals surface area contributed by atoms with Crippen molar-refractivity contribution in [2.24, 2.45) is 0 Å². The first-order valence-electron chi connectivity index (χ1n) is 18.1. The number of nitrogens with zero attached hydrogens (tertiary/aromatic N) is 2. The maximum Gasteiger partial charge on any atom is 0.409 e. The number of amides is 1. The van der Waals surface area contributed by atoms with E-state index in [1.807, 2.05) is 61.5 Å². The molecule has 6 aromatic rings. The number of carbonyl (C=O) groups excluding carboxylic acids is 2. The van der Waals surface area contributed by atoms with Crippen molar-refractivity contribution in [3.63, 3.8) is 0 Å². The lowest BCUT2D eigenvalue weighted by Crippen LogP contribution is -2.34. The summed E-state index contributed by atoms with van der Waals surface area (Å²) < 4.78 is 75.4. The normalized spacial score (nSPS) is 12.6. The van der Waals surface area contributed by atoms with Crippen LogP contribution >= 0.6 is 22.6 Å². The lowest BCUT2D eigenvalue weighted by atomic mass is 9.77. The van der Waals surface area contributed by atoms with Crippen molar-refractivity contribution < 1.29 is 41.0 Å². The number of halogens is 3. The Kier molecular flexibility index (Phi) is 13.0. The van der Waals surface area contributed by atoms with E-state index in [9.17, 15) is 18.0 Å². The average molecular weight is 911 g/mol. The van der Waals surface area contributed by atoms with Gasteiger partial charge in [-0.05, 0) is 90.4 Å². The Labute approximate surface area is 342 Å². The van der Waals surface area contributed by atoms with Crippen LogP contribution in [0.5, 0.6) is 11.5 Å². The largest absolute Gasteiger partial charge is 0.466 e. The highest BCUT2D eigenvalue weighted by molar-refractivity contribution is 14.1. The predicted molar refractivity (Wildman–Crippen MR) is 221 cm³/mol. The molecule has 1 unspecified atom stereocenters. The van der Waals surface area contributed by atoms with Gasteiger partial charge in [0.1, 0.15) is 24.0 Å². The zero-order valence-corrected chi connectivity index (χ0v) is 34.5. The van der Waals surface area contributed by atoms with Crippen molar-refractivity contribution in [3.8, 4) is 22.9 Å². The molecule has 1 amide bonds. The maximum atomic E-state index is 15.5. The second-order valence-electron chi connectivity index (χ2n) is 13.7. The van der Waals surface area contributed by atoms with E-state index in [1.165, 1.54) is 36.2 Å². The molecule has 0 saturated carbocycles. The quantitative estimate of drug-likeness (QED) is 0.0726. The second kappa shape index (κ2) is 17.9. The van der Waals surface area contributed by atoms with Crippen LogP contribution in [0.1, 0.15) is 42.7 Å². The zero-order chi connectivity index (χ0) is 40.7. The van der Waals surface area contributed by atoms with E-state index in [1.54, 1.807) is 25.4 Å². The number of benzene rings is 4. The van der Waals surface area contributed by atoms with E-state index in [-0.39, 0.29) is 72.6 Å². The number of nitrogens with one attached hydrogen (secondary N) is 2. The third-order valence-electron chi connectivity index (χ3n) is 9.71. The van der Waals surface area contributed by atoms with Crippen molar-refractivity contribution in [1.82, 2.24) is 19.9 Å². The minimum atomic E-state index is -3.68. The Morgan fingerprint density at radius 1 is 0.947 bits per heavy atom. The number of hydrogen-bond donors (Lipinski definition) is 2. The minimum absolute atomic E-state index is 0.0219. The molecule has 0 bridgehead atoms. The number of fused-ring (bicyclic) bond motifs is 1. The van der Waals surface area contributed by atoms with Crippen LogP contribution in [0.15, 0.2) is 97.3 Å². The summed E-state index contributed by atoms with van der Waals surface area (Å²) in [6.07, 6.45) is 2.42. The van der Waals surface area contributed by atoms with Crippen molar-refractivity contribution in [1.29, 1.82) is 0 Å². The van der Waals surface area contributed by atoms with E-state index in [2.05, 4.69) is 37.5 Å². The highest BCUT2D eigenvalue weighted by Crippen LogP contribution is 2.39. The summed E-state index contributed by atoms with van der Waals surface area (Å²) in [7, 11) is -2.19. The molecule has 2 heterocycles. The molecule has 1 atom stereocenters. The molecule has 6 rings (SSSR count). The van der Waals surface area contributed by atoms with Crippen LogP contribution < -0.4 is 4.74 Å². The molecule has 0 aliphatic carbocycles. The number of aromatic amines is 2. The summed E-state index contributed by atoms with van der Waals surface area (Å²) in [4.78, 5) is 37.0. The van der Waals surface area contributed by atoms with E-state index in [0.29, 0.717) is 16.6 Å². The van der Waals surface area contributed by atoms with E-state index in [0.717, 1.165) is 14.7 Å². The molecule has 11 nitrogen and oxygen atoms in total. The van der Waals surface area contributed by atoms with Crippen LogP contribution in [0.2, 0.25) is 0 Å². The van der Waals surface area contributed by atoms with Gasteiger partial charge in [0.2, 0.25) is 0 Å². The second-order valence-corrected chi connectivity index (χ2v) is 17.2. The smallest absolute Gasteiger partial charge is 0.409 e. The fourth-order valence-corrected chi connectivity index (χ4v) is 8.41. The van der Waals surface area contributed by atoms with E-state index in [4.69, 9.17) is 14.2 Å². The van der Waals surface area contributed by atoms with E-state index >= 15 is 8.78 Å². The number of ether oxygens (including phenoxy) is 3. The molecule has 0 spiro atoms. The average Bonchev–Trinajstić information content (AvgIpc) is 3.89. The van der Waals surface area contributed by atoms with Crippen LogP contribution in [0.3, 0.4) is 0 Å². The highest BCUT2D eigenvalue weighted by atomic mass is 127. The maximum absolute atomic E-state index is 15.5. The van der Waals surface area contributed by atoms with Crippen LogP contribution in [-0.4, -0.2) is 72.0 Å². The number of esters is 1. The van der Waals surface area contributed by atoms with Gasteiger partial charge in [0.15, 0.2) is 21.4 Å².